The van der Waals surface area contributed by atoms with Gasteiger partial charge in [0, 0.05) is 35.3 Å². The smallest absolute Gasteiger partial charge is 0.250 e. The number of aromatic nitrogens is 1. The molecule has 37 heavy (non-hydrogen) atoms. The van der Waals surface area contributed by atoms with E-state index in [4.69, 9.17) is 4.74 Å². The van der Waals surface area contributed by atoms with Crippen molar-refractivity contribution in [3.05, 3.63) is 58.9 Å². The number of likely N-dealkylation sites (tertiary alicyclic amines) is 1. The number of benzene rings is 1. The largest absolute Gasteiger partial charge is 0.506 e. The molecule has 3 fully saturated rings. The number of phenolic OH excluding ortho intramolecular Hbond substituents is 1. The van der Waals surface area contributed by atoms with Crippen molar-refractivity contribution in [3.8, 4) is 17.2 Å². The number of aliphatic hydroxyl groups is 1. The number of rotatable bonds is 5. The number of carbonyl (C=O) groups is 1. The normalized spacial score (nSPS) is 36.5. The average molecular weight is 502 g/mol. The molecule has 5 aliphatic carbocycles. The molecule has 1 saturated heterocycles. The van der Waals surface area contributed by atoms with Crippen molar-refractivity contribution < 1.29 is 24.9 Å². The molecule has 1 aromatic heterocycles. The summed E-state index contributed by atoms with van der Waals surface area (Å²) in [5, 5.41) is 36.1. The van der Waals surface area contributed by atoms with E-state index in [0.717, 1.165) is 43.8 Å². The van der Waals surface area contributed by atoms with Crippen LogP contribution in [0.4, 0.5) is 0 Å². The topological polar surface area (TPSA) is 115 Å². The van der Waals surface area contributed by atoms with E-state index >= 15 is 0 Å². The second-order valence-electron chi connectivity index (χ2n) is 12.0. The van der Waals surface area contributed by atoms with E-state index in [-0.39, 0.29) is 35.4 Å². The van der Waals surface area contributed by atoms with Crippen LogP contribution in [0, 0.1) is 11.3 Å². The fourth-order valence-electron chi connectivity index (χ4n) is 8.64. The Labute approximate surface area is 215 Å². The summed E-state index contributed by atoms with van der Waals surface area (Å²) >= 11 is 0. The first-order valence-corrected chi connectivity index (χ1v) is 13.5. The molecule has 0 unspecified atom stereocenters. The van der Waals surface area contributed by atoms with E-state index in [1.165, 1.54) is 24.5 Å². The van der Waals surface area contributed by atoms with Gasteiger partial charge in [0.1, 0.15) is 23.1 Å². The number of nitrogens with one attached hydrogen (secondary N) is 1. The highest BCUT2D eigenvalue weighted by Crippen LogP contribution is 2.74. The maximum Gasteiger partial charge on any atom is 0.250 e. The van der Waals surface area contributed by atoms with E-state index in [2.05, 4.69) is 21.3 Å². The van der Waals surface area contributed by atoms with Crippen molar-refractivity contribution in [2.45, 2.75) is 68.2 Å². The first-order chi connectivity index (χ1) is 17.9. The van der Waals surface area contributed by atoms with Crippen LogP contribution in [0.1, 0.15) is 48.9 Å². The predicted octanol–water partition coefficient (Wildman–Crippen LogP) is 2.30. The predicted molar refractivity (Wildman–Crippen MR) is 133 cm³/mol. The van der Waals surface area contributed by atoms with Crippen LogP contribution in [0.25, 0.3) is 0 Å². The zero-order valence-electron chi connectivity index (χ0n) is 20.6. The molecular weight excluding hydrogens is 470 g/mol. The van der Waals surface area contributed by atoms with Crippen LogP contribution < -0.4 is 10.1 Å². The molecule has 2 aliphatic heterocycles. The first-order valence-electron chi connectivity index (χ1n) is 13.5. The molecule has 4 N–H and O–H groups in total. The van der Waals surface area contributed by atoms with Crippen molar-refractivity contribution in [3.63, 3.8) is 0 Å². The third kappa shape index (κ3) is 2.60. The molecule has 3 heterocycles. The molecule has 0 radical (unpaired) electrons. The lowest BCUT2D eigenvalue weighted by Gasteiger charge is -2.70. The minimum absolute atomic E-state index is 0.0216. The summed E-state index contributed by atoms with van der Waals surface area (Å²) in [4.78, 5) is 20.5. The number of piperidine rings is 1. The van der Waals surface area contributed by atoms with E-state index in [9.17, 15) is 20.1 Å². The van der Waals surface area contributed by atoms with Gasteiger partial charge in [0.25, 0.3) is 0 Å². The van der Waals surface area contributed by atoms with Gasteiger partial charge in [-0.2, -0.15) is 0 Å². The summed E-state index contributed by atoms with van der Waals surface area (Å²) in [6.45, 7) is 2.07. The molecule has 8 heteroatoms. The molecule has 2 spiro atoms. The number of fused-ring (bicyclic) bond motifs is 1. The second-order valence-corrected chi connectivity index (χ2v) is 12.0. The molecule has 2 saturated carbocycles. The van der Waals surface area contributed by atoms with Gasteiger partial charge in [-0.05, 0) is 74.8 Å². The number of pyridine rings is 1. The van der Waals surface area contributed by atoms with Gasteiger partial charge < -0.3 is 25.4 Å². The Morgan fingerprint density at radius 3 is 2.84 bits per heavy atom. The minimum Gasteiger partial charge on any atom is -0.506 e. The van der Waals surface area contributed by atoms with Crippen molar-refractivity contribution in [2.75, 3.05) is 13.1 Å². The number of hydrogen-bond donors (Lipinski definition) is 4. The molecule has 1 amide bonds. The molecule has 192 valence electrons. The fraction of sp³-hybridized carbons (Fsp3) is 0.517. The highest BCUT2D eigenvalue weighted by Gasteiger charge is 2.78. The van der Waals surface area contributed by atoms with Gasteiger partial charge in [-0.1, -0.05) is 12.1 Å². The molecule has 5 atom stereocenters. The summed E-state index contributed by atoms with van der Waals surface area (Å²) < 4.78 is 6.54. The molecule has 1 aromatic carbocycles. The summed E-state index contributed by atoms with van der Waals surface area (Å²) in [5.41, 5.74) is 0.699. The van der Waals surface area contributed by atoms with Crippen LogP contribution in [0.2, 0.25) is 0 Å². The first kappa shape index (κ1) is 21.9. The van der Waals surface area contributed by atoms with Crippen LogP contribution in [0.5, 0.6) is 17.2 Å². The molecule has 2 aromatic rings. The van der Waals surface area contributed by atoms with Crippen molar-refractivity contribution >= 4 is 5.91 Å². The lowest BCUT2D eigenvalue weighted by molar-refractivity contribution is -0.186. The SMILES string of the molecule is O=C(NCc1ncccc1O)C1=C[C@@]23CC[C@]1(O)[C@@H]1Oc4c(O)ccc5c4[C@@]12CCN(CC1CC1)[C@@H]3C5. The third-order valence-corrected chi connectivity index (χ3v) is 10.4. The lowest BCUT2D eigenvalue weighted by atomic mass is 9.38. The molecule has 8 nitrogen and oxygen atoms in total. The van der Waals surface area contributed by atoms with E-state index in [0.29, 0.717) is 23.4 Å². The maximum atomic E-state index is 13.7. The fourth-order valence-corrected chi connectivity index (χ4v) is 8.64. The Morgan fingerprint density at radius 2 is 2.03 bits per heavy atom. The van der Waals surface area contributed by atoms with Gasteiger partial charge >= 0.3 is 0 Å². The number of carbonyl (C=O) groups excluding carboxylic acids is 1. The number of ether oxygens (including phenoxy) is 1. The van der Waals surface area contributed by atoms with Gasteiger partial charge in [-0.15, -0.1) is 0 Å². The van der Waals surface area contributed by atoms with E-state index < -0.39 is 17.1 Å². The molecular formula is C29H31N3O5. The van der Waals surface area contributed by atoms with Gasteiger partial charge in [-0.25, -0.2) is 0 Å². The number of amides is 1. The standard InChI is InChI=1S/C29H31N3O5/c33-20-2-1-10-30-19(20)14-31-25(35)18-13-27-7-8-29(18,36)26-28(27)9-11-32(15-16-3-4-16)22(27)12-17-5-6-21(34)24(37-26)23(17)28/h1-2,5-6,10,13,16,22,26,33-34,36H,3-4,7-9,11-12,14-15H2,(H,31,35)/t22-,26-,27-,28+,29-/m1/s1. The maximum absolute atomic E-state index is 13.7. The van der Waals surface area contributed by atoms with Crippen LogP contribution in [0.3, 0.4) is 0 Å². The van der Waals surface area contributed by atoms with E-state index in [1.54, 1.807) is 18.3 Å². The van der Waals surface area contributed by atoms with Gasteiger partial charge in [0.15, 0.2) is 11.5 Å². The Morgan fingerprint density at radius 1 is 1.16 bits per heavy atom. The van der Waals surface area contributed by atoms with Gasteiger partial charge in [0.05, 0.1) is 12.0 Å². The zero-order valence-corrected chi connectivity index (χ0v) is 20.6. The summed E-state index contributed by atoms with van der Waals surface area (Å²) in [6.07, 6.45) is 8.50. The highest BCUT2D eigenvalue weighted by atomic mass is 16.5. The van der Waals surface area contributed by atoms with Gasteiger partial charge in [-0.3, -0.25) is 14.7 Å². The monoisotopic (exact) mass is 501 g/mol. The number of hydrogen-bond acceptors (Lipinski definition) is 7. The summed E-state index contributed by atoms with van der Waals surface area (Å²) in [5.74, 6) is 1.02. The Kier molecular flexibility index (Phi) is 4.18. The van der Waals surface area contributed by atoms with Crippen LogP contribution in [0.15, 0.2) is 42.1 Å². The summed E-state index contributed by atoms with van der Waals surface area (Å²) in [7, 11) is 0. The zero-order chi connectivity index (χ0) is 25.2. The number of phenols is 1. The van der Waals surface area contributed by atoms with Crippen LogP contribution in [-0.4, -0.2) is 61.9 Å². The lowest BCUT2D eigenvalue weighted by Crippen LogP contribution is -2.78. The van der Waals surface area contributed by atoms with Crippen molar-refractivity contribution in [2.24, 2.45) is 11.3 Å². The minimum atomic E-state index is -1.47. The molecule has 4 bridgehead atoms. The second kappa shape index (κ2) is 7.05. The Bertz CT molecular complexity index is 1390. The molecule has 7 aliphatic rings. The Balaban J connectivity index is 1.26. The molecule has 9 rings (SSSR count). The van der Waals surface area contributed by atoms with Gasteiger partial charge in [0.2, 0.25) is 5.91 Å². The van der Waals surface area contributed by atoms with E-state index in [1.807, 2.05) is 6.07 Å². The highest BCUT2D eigenvalue weighted by molar-refractivity contribution is 5.97. The van der Waals surface area contributed by atoms with Crippen LogP contribution >= 0.6 is 0 Å². The quantitative estimate of drug-likeness (QED) is 0.497. The summed E-state index contributed by atoms with van der Waals surface area (Å²) in [6, 6.07) is 7.14. The number of nitrogens with zero attached hydrogens (tertiary/aromatic N) is 2. The van der Waals surface area contributed by atoms with Crippen LogP contribution in [-0.2, 0) is 23.2 Å². The van der Waals surface area contributed by atoms with Crippen molar-refractivity contribution in [1.82, 2.24) is 15.2 Å². The average Bonchev–Trinajstić information content (AvgIpc) is 3.63. The third-order valence-electron chi connectivity index (χ3n) is 10.4. The number of aromatic hydroxyl groups is 2. The van der Waals surface area contributed by atoms with Crippen molar-refractivity contribution in [1.29, 1.82) is 0 Å². The Hall–Kier alpha value is -3.10.